The zero-order chi connectivity index (χ0) is 16.1. The first-order valence-corrected chi connectivity index (χ1v) is 8.35. The lowest BCUT2D eigenvalue weighted by molar-refractivity contribution is -0.215. The van der Waals surface area contributed by atoms with Crippen molar-refractivity contribution in [3.8, 4) is 0 Å². The van der Waals surface area contributed by atoms with Gasteiger partial charge >= 0.3 is 5.97 Å². The van der Waals surface area contributed by atoms with E-state index < -0.39 is 6.29 Å². The Kier molecular flexibility index (Phi) is 3.89. The lowest BCUT2D eigenvalue weighted by Crippen LogP contribution is -2.51. The van der Waals surface area contributed by atoms with E-state index in [4.69, 9.17) is 14.2 Å². The molecule has 0 N–H and O–H groups in total. The van der Waals surface area contributed by atoms with Gasteiger partial charge in [-0.15, -0.1) is 0 Å². The van der Waals surface area contributed by atoms with Crippen molar-refractivity contribution < 1.29 is 19.0 Å². The van der Waals surface area contributed by atoms with E-state index in [0.29, 0.717) is 11.3 Å². The van der Waals surface area contributed by atoms with Gasteiger partial charge in [-0.05, 0) is 41.6 Å². The van der Waals surface area contributed by atoms with Gasteiger partial charge in [0.2, 0.25) is 6.29 Å². The maximum atomic E-state index is 11.5. The van der Waals surface area contributed by atoms with Crippen LogP contribution in [0.3, 0.4) is 0 Å². The molecule has 124 valence electrons. The number of rotatable bonds is 2. The Morgan fingerprint density at radius 3 is 2.68 bits per heavy atom. The Hall–Kier alpha value is -0.870. The molecule has 0 radical (unpaired) electrons. The standard InChI is InChI=1S/C18H28O4/c1-11(19)21-16-14-12(15(20-5)22-16)7-8-13-17(2,3)9-6-10-18(13,14)4/h7,13-16H,6,8-10H2,1-5H3/t13-,14+,15-,16+,18-/m0/s1. The van der Waals surface area contributed by atoms with Gasteiger partial charge in [-0.1, -0.05) is 33.3 Å². The fraction of sp³-hybridized carbons (Fsp3) is 0.833. The van der Waals surface area contributed by atoms with Gasteiger partial charge in [0.1, 0.15) is 0 Å². The summed E-state index contributed by atoms with van der Waals surface area (Å²) >= 11 is 0. The molecule has 4 heteroatoms. The van der Waals surface area contributed by atoms with Gasteiger partial charge in [0.15, 0.2) is 6.29 Å². The molecule has 2 fully saturated rings. The quantitative estimate of drug-likeness (QED) is 0.577. The summed E-state index contributed by atoms with van der Waals surface area (Å²) in [4.78, 5) is 11.5. The zero-order valence-electron chi connectivity index (χ0n) is 14.3. The van der Waals surface area contributed by atoms with Crippen molar-refractivity contribution in [3.05, 3.63) is 11.6 Å². The van der Waals surface area contributed by atoms with Crippen LogP contribution in [0.4, 0.5) is 0 Å². The highest BCUT2D eigenvalue weighted by atomic mass is 16.8. The lowest BCUT2D eigenvalue weighted by atomic mass is 9.49. The molecule has 0 aromatic carbocycles. The first kappa shape index (κ1) is 16.0. The highest BCUT2D eigenvalue weighted by Crippen LogP contribution is 2.62. The number of carbonyl (C=O) groups excluding carboxylic acids is 1. The van der Waals surface area contributed by atoms with Gasteiger partial charge in [0.25, 0.3) is 0 Å². The van der Waals surface area contributed by atoms with Gasteiger partial charge in [0, 0.05) is 14.0 Å². The van der Waals surface area contributed by atoms with Crippen molar-refractivity contribution in [2.45, 2.75) is 66.0 Å². The first-order valence-electron chi connectivity index (χ1n) is 8.35. The van der Waals surface area contributed by atoms with Crippen molar-refractivity contribution in [1.29, 1.82) is 0 Å². The monoisotopic (exact) mass is 308 g/mol. The van der Waals surface area contributed by atoms with E-state index in [-0.39, 0.29) is 23.6 Å². The topological polar surface area (TPSA) is 44.8 Å². The highest BCUT2D eigenvalue weighted by Gasteiger charge is 2.59. The molecule has 0 amide bonds. The summed E-state index contributed by atoms with van der Waals surface area (Å²) in [7, 11) is 1.65. The summed E-state index contributed by atoms with van der Waals surface area (Å²) in [6.07, 6.45) is 6.07. The van der Waals surface area contributed by atoms with E-state index in [1.165, 1.54) is 25.3 Å². The predicted octanol–water partition coefficient (Wildman–Crippen LogP) is 3.66. The van der Waals surface area contributed by atoms with Gasteiger partial charge in [-0.25, -0.2) is 0 Å². The number of fused-ring (bicyclic) bond motifs is 3. The third-order valence-corrected chi connectivity index (χ3v) is 6.23. The summed E-state index contributed by atoms with van der Waals surface area (Å²) in [6.45, 7) is 8.55. The van der Waals surface area contributed by atoms with E-state index in [2.05, 4.69) is 26.8 Å². The van der Waals surface area contributed by atoms with Crippen LogP contribution < -0.4 is 0 Å². The summed E-state index contributed by atoms with van der Waals surface area (Å²) in [6, 6.07) is 0. The minimum Gasteiger partial charge on any atom is -0.435 e. The molecule has 0 aromatic rings. The Morgan fingerprint density at radius 2 is 2.05 bits per heavy atom. The van der Waals surface area contributed by atoms with Crippen molar-refractivity contribution in [3.63, 3.8) is 0 Å². The summed E-state index contributed by atoms with van der Waals surface area (Å²) < 4.78 is 16.9. The number of hydrogen-bond acceptors (Lipinski definition) is 4. The van der Waals surface area contributed by atoms with Crippen LogP contribution in [0.15, 0.2) is 11.6 Å². The fourth-order valence-corrected chi connectivity index (χ4v) is 5.33. The molecule has 3 aliphatic rings. The zero-order valence-corrected chi connectivity index (χ0v) is 14.3. The average molecular weight is 308 g/mol. The maximum absolute atomic E-state index is 11.5. The molecular weight excluding hydrogens is 280 g/mol. The summed E-state index contributed by atoms with van der Waals surface area (Å²) in [5, 5.41) is 0. The molecule has 1 heterocycles. The summed E-state index contributed by atoms with van der Waals surface area (Å²) in [5.74, 6) is 0.404. The Bertz CT molecular complexity index is 495. The molecule has 1 aliphatic heterocycles. The van der Waals surface area contributed by atoms with E-state index in [1.807, 2.05) is 0 Å². The van der Waals surface area contributed by atoms with E-state index in [9.17, 15) is 4.79 Å². The van der Waals surface area contributed by atoms with Crippen molar-refractivity contribution >= 4 is 5.97 Å². The molecule has 0 unspecified atom stereocenters. The van der Waals surface area contributed by atoms with Crippen LogP contribution in [-0.2, 0) is 19.0 Å². The van der Waals surface area contributed by atoms with Crippen LogP contribution in [0, 0.1) is 22.7 Å². The van der Waals surface area contributed by atoms with Crippen LogP contribution in [0.25, 0.3) is 0 Å². The molecule has 0 aromatic heterocycles. The second-order valence-electron chi connectivity index (χ2n) is 8.00. The SMILES string of the molecule is CO[C@H]1O[C@@H](OC(C)=O)[C@H]2C1=CC[C@H]1C(C)(C)CCC[C@]21C. The lowest BCUT2D eigenvalue weighted by Gasteiger charge is -2.56. The minimum absolute atomic E-state index is 0.0965. The van der Waals surface area contributed by atoms with E-state index in [1.54, 1.807) is 7.11 Å². The number of hydrogen-bond donors (Lipinski definition) is 0. The largest absolute Gasteiger partial charge is 0.435 e. The van der Waals surface area contributed by atoms with E-state index >= 15 is 0 Å². The third kappa shape index (κ3) is 2.31. The fourth-order valence-electron chi connectivity index (χ4n) is 5.33. The second kappa shape index (κ2) is 5.34. The van der Waals surface area contributed by atoms with Crippen LogP contribution in [0.1, 0.15) is 53.4 Å². The van der Waals surface area contributed by atoms with Crippen molar-refractivity contribution in [2.75, 3.05) is 7.11 Å². The van der Waals surface area contributed by atoms with Crippen LogP contribution >= 0.6 is 0 Å². The Morgan fingerprint density at radius 1 is 1.32 bits per heavy atom. The molecule has 22 heavy (non-hydrogen) atoms. The molecule has 0 spiro atoms. The molecule has 3 rings (SSSR count). The van der Waals surface area contributed by atoms with Crippen LogP contribution in [-0.4, -0.2) is 25.7 Å². The van der Waals surface area contributed by atoms with E-state index in [0.717, 1.165) is 12.8 Å². The molecule has 5 atom stereocenters. The highest BCUT2D eigenvalue weighted by molar-refractivity contribution is 5.66. The number of carbonyl (C=O) groups is 1. The number of ether oxygens (including phenoxy) is 3. The van der Waals surface area contributed by atoms with Crippen molar-refractivity contribution in [1.82, 2.24) is 0 Å². The van der Waals surface area contributed by atoms with Crippen LogP contribution in [0.2, 0.25) is 0 Å². The first-order chi connectivity index (χ1) is 10.3. The Labute approximate surface area is 133 Å². The second-order valence-corrected chi connectivity index (χ2v) is 8.00. The molecule has 1 saturated heterocycles. The van der Waals surface area contributed by atoms with Crippen LogP contribution in [0.5, 0.6) is 0 Å². The predicted molar refractivity (Wildman–Crippen MR) is 82.9 cm³/mol. The molecule has 0 bridgehead atoms. The molecule has 4 nitrogen and oxygen atoms in total. The number of esters is 1. The summed E-state index contributed by atoms with van der Waals surface area (Å²) in [5.41, 5.74) is 1.57. The van der Waals surface area contributed by atoms with Gasteiger partial charge in [-0.3, -0.25) is 4.79 Å². The average Bonchev–Trinajstić information content (AvgIpc) is 2.76. The normalized spacial score (nSPS) is 43.0. The van der Waals surface area contributed by atoms with Gasteiger partial charge in [-0.2, -0.15) is 0 Å². The smallest absolute Gasteiger partial charge is 0.304 e. The maximum Gasteiger partial charge on any atom is 0.304 e. The number of methoxy groups -OCH3 is 1. The van der Waals surface area contributed by atoms with Crippen molar-refractivity contribution in [2.24, 2.45) is 22.7 Å². The molecule has 2 aliphatic carbocycles. The molecular formula is C18H28O4. The minimum atomic E-state index is -0.518. The Balaban J connectivity index is 2.00. The van der Waals surface area contributed by atoms with Gasteiger partial charge in [0.05, 0.1) is 5.92 Å². The molecule has 1 saturated carbocycles. The van der Waals surface area contributed by atoms with Gasteiger partial charge < -0.3 is 14.2 Å². The third-order valence-electron chi connectivity index (χ3n) is 6.23. The number of allylic oxidation sites excluding steroid dienone is 1.